The smallest absolute Gasteiger partial charge is 0.251 e. The van der Waals surface area contributed by atoms with E-state index >= 15 is 0 Å². The highest BCUT2D eigenvalue weighted by molar-refractivity contribution is 5.94. The lowest BCUT2D eigenvalue weighted by atomic mass is 10.1. The molecular formula is C18H16FN3O2. The predicted molar refractivity (Wildman–Crippen MR) is 86.8 cm³/mol. The molecular weight excluding hydrogens is 309 g/mol. The Morgan fingerprint density at radius 1 is 1.12 bits per heavy atom. The molecule has 1 amide bonds. The van der Waals surface area contributed by atoms with Crippen LogP contribution in [0, 0.1) is 19.7 Å². The molecule has 3 rings (SSSR count). The number of hydrogen-bond donors (Lipinski definition) is 1. The van der Waals surface area contributed by atoms with Gasteiger partial charge in [0.2, 0.25) is 11.7 Å². The molecule has 0 fully saturated rings. The minimum absolute atomic E-state index is 0.125. The molecule has 3 aromatic rings. The Hall–Kier alpha value is -3.02. The molecule has 0 aliphatic heterocycles. The lowest BCUT2D eigenvalue weighted by Gasteiger charge is -2.05. The van der Waals surface area contributed by atoms with Gasteiger partial charge in [-0.1, -0.05) is 11.2 Å². The second-order valence-corrected chi connectivity index (χ2v) is 5.50. The van der Waals surface area contributed by atoms with Crippen LogP contribution in [0.2, 0.25) is 0 Å². The third-order valence-electron chi connectivity index (χ3n) is 3.74. The highest BCUT2D eigenvalue weighted by Gasteiger charge is 2.11. The molecule has 1 N–H and O–H groups in total. The summed E-state index contributed by atoms with van der Waals surface area (Å²) in [7, 11) is 0. The Balaban J connectivity index is 1.65. The van der Waals surface area contributed by atoms with Crippen LogP contribution in [0.4, 0.5) is 4.39 Å². The van der Waals surface area contributed by atoms with E-state index < -0.39 is 0 Å². The lowest BCUT2D eigenvalue weighted by molar-refractivity contribution is 0.0946. The molecule has 122 valence electrons. The summed E-state index contributed by atoms with van der Waals surface area (Å²) in [4.78, 5) is 16.3. The number of amides is 1. The first-order chi connectivity index (χ1) is 11.5. The molecule has 6 heteroatoms. The first-order valence-electron chi connectivity index (χ1n) is 7.47. The molecule has 0 aliphatic carbocycles. The second-order valence-electron chi connectivity index (χ2n) is 5.50. The standard InChI is InChI=1S/C18H16FN3O2/c1-11-3-4-14(9-12(11)2)18(23)20-10-16-21-17(22-24-16)13-5-7-15(19)8-6-13/h3-9H,10H2,1-2H3,(H,20,23). The van der Waals surface area contributed by atoms with E-state index in [2.05, 4.69) is 15.5 Å². The minimum atomic E-state index is -0.330. The van der Waals surface area contributed by atoms with Crippen molar-refractivity contribution in [3.8, 4) is 11.4 Å². The summed E-state index contributed by atoms with van der Waals surface area (Å²) < 4.78 is 18.0. The predicted octanol–water partition coefficient (Wildman–Crippen LogP) is 3.42. The van der Waals surface area contributed by atoms with Gasteiger partial charge in [0, 0.05) is 11.1 Å². The molecule has 1 aromatic heterocycles. The summed E-state index contributed by atoms with van der Waals surface area (Å²) in [6, 6.07) is 11.3. The Labute approximate surface area is 138 Å². The van der Waals surface area contributed by atoms with E-state index in [0.717, 1.165) is 11.1 Å². The second kappa shape index (κ2) is 6.62. The van der Waals surface area contributed by atoms with Gasteiger partial charge in [-0.2, -0.15) is 4.98 Å². The quantitative estimate of drug-likeness (QED) is 0.798. The van der Waals surface area contributed by atoms with Gasteiger partial charge in [-0.25, -0.2) is 4.39 Å². The maximum atomic E-state index is 12.9. The SMILES string of the molecule is Cc1ccc(C(=O)NCc2nc(-c3ccc(F)cc3)no2)cc1C. The number of aryl methyl sites for hydroxylation is 2. The molecule has 0 aliphatic rings. The summed E-state index contributed by atoms with van der Waals surface area (Å²) in [5, 5.41) is 6.57. The van der Waals surface area contributed by atoms with Gasteiger partial charge in [-0.05, 0) is 61.4 Å². The van der Waals surface area contributed by atoms with E-state index in [1.54, 1.807) is 18.2 Å². The molecule has 0 saturated heterocycles. The normalized spacial score (nSPS) is 10.6. The van der Waals surface area contributed by atoms with Crippen LogP contribution in [0.15, 0.2) is 47.0 Å². The fraction of sp³-hybridized carbons (Fsp3) is 0.167. The number of halogens is 1. The molecule has 0 atom stereocenters. The Morgan fingerprint density at radius 3 is 2.58 bits per heavy atom. The van der Waals surface area contributed by atoms with Crippen LogP contribution in [0.1, 0.15) is 27.4 Å². The van der Waals surface area contributed by atoms with Gasteiger partial charge < -0.3 is 9.84 Å². The molecule has 1 heterocycles. The maximum Gasteiger partial charge on any atom is 0.251 e. The Kier molecular flexibility index (Phi) is 4.37. The summed E-state index contributed by atoms with van der Waals surface area (Å²) in [5.41, 5.74) is 3.41. The van der Waals surface area contributed by atoms with Gasteiger partial charge in [0.1, 0.15) is 5.82 Å². The van der Waals surface area contributed by atoms with Gasteiger partial charge in [0.25, 0.3) is 5.91 Å². The van der Waals surface area contributed by atoms with Crippen LogP contribution in [-0.4, -0.2) is 16.0 Å². The molecule has 0 saturated carbocycles. The molecule has 0 spiro atoms. The fourth-order valence-electron chi connectivity index (χ4n) is 2.18. The van der Waals surface area contributed by atoms with Crippen molar-refractivity contribution in [3.05, 3.63) is 70.9 Å². The summed E-state index contributed by atoms with van der Waals surface area (Å²) >= 11 is 0. The van der Waals surface area contributed by atoms with Crippen LogP contribution < -0.4 is 5.32 Å². The number of carbonyl (C=O) groups excluding carboxylic acids is 1. The van der Waals surface area contributed by atoms with Crippen LogP contribution in [0.25, 0.3) is 11.4 Å². The van der Waals surface area contributed by atoms with Gasteiger partial charge >= 0.3 is 0 Å². The number of nitrogens with one attached hydrogen (secondary N) is 1. The summed E-state index contributed by atoms with van der Waals surface area (Å²) in [6.45, 7) is 4.07. The van der Waals surface area contributed by atoms with E-state index in [1.165, 1.54) is 12.1 Å². The summed E-state index contributed by atoms with van der Waals surface area (Å²) in [6.07, 6.45) is 0. The molecule has 0 unspecified atom stereocenters. The van der Waals surface area contributed by atoms with Gasteiger partial charge in [-0.15, -0.1) is 0 Å². The molecule has 24 heavy (non-hydrogen) atoms. The van der Waals surface area contributed by atoms with E-state index in [0.29, 0.717) is 17.0 Å². The van der Waals surface area contributed by atoms with Crippen molar-refractivity contribution in [2.24, 2.45) is 0 Å². The first-order valence-corrected chi connectivity index (χ1v) is 7.47. The minimum Gasteiger partial charge on any atom is -0.343 e. The highest BCUT2D eigenvalue weighted by atomic mass is 19.1. The number of aromatic nitrogens is 2. The van der Waals surface area contributed by atoms with Crippen molar-refractivity contribution in [3.63, 3.8) is 0 Å². The first kappa shape index (κ1) is 15.9. The van der Waals surface area contributed by atoms with E-state index in [9.17, 15) is 9.18 Å². The number of carbonyl (C=O) groups is 1. The van der Waals surface area contributed by atoms with Crippen LogP contribution in [-0.2, 0) is 6.54 Å². The maximum absolute atomic E-state index is 12.9. The van der Waals surface area contributed by atoms with Crippen LogP contribution >= 0.6 is 0 Å². The largest absolute Gasteiger partial charge is 0.343 e. The molecule has 0 radical (unpaired) electrons. The zero-order valence-electron chi connectivity index (χ0n) is 13.3. The van der Waals surface area contributed by atoms with Crippen molar-refractivity contribution in [1.82, 2.24) is 15.5 Å². The lowest BCUT2D eigenvalue weighted by Crippen LogP contribution is -2.23. The number of nitrogens with zero attached hydrogens (tertiary/aromatic N) is 2. The topological polar surface area (TPSA) is 68.0 Å². The van der Waals surface area contributed by atoms with E-state index in [4.69, 9.17) is 4.52 Å². The fourth-order valence-corrected chi connectivity index (χ4v) is 2.18. The van der Waals surface area contributed by atoms with Crippen LogP contribution in [0.5, 0.6) is 0 Å². The van der Waals surface area contributed by atoms with Crippen molar-refractivity contribution in [2.75, 3.05) is 0 Å². The van der Waals surface area contributed by atoms with Crippen molar-refractivity contribution in [1.29, 1.82) is 0 Å². The monoisotopic (exact) mass is 325 g/mol. The van der Waals surface area contributed by atoms with Gasteiger partial charge in [-0.3, -0.25) is 4.79 Å². The Bertz CT molecular complexity index is 872. The summed E-state index contributed by atoms with van der Waals surface area (Å²) in [5.74, 6) is 0.0969. The highest BCUT2D eigenvalue weighted by Crippen LogP contribution is 2.16. The number of rotatable bonds is 4. The van der Waals surface area contributed by atoms with Crippen molar-refractivity contribution >= 4 is 5.91 Å². The van der Waals surface area contributed by atoms with Crippen molar-refractivity contribution in [2.45, 2.75) is 20.4 Å². The van der Waals surface area contributed by atoms with E-state index in [-0.39, 0.29) is 24.2 Å². The average Bonchev–Trinajstić information content (AvgIpc) is 3.05. The van der Waals surface area contributed by atoms with Crippen molar-refractivity contribution < 1.29 is 13.7 Å². The zero-order valence-corrected chi connectivity index (χ0v) is 13.3. The number of benzene rings is 2. The molecule has 0 bridgehead atoms. The third-order valence-corrected chi connectivity index (χ3v) is 3.74. The van der Waals surface area contributed by atoms with Gasteiger partial charge in [0.05, 0.1) is 6.54 Å². The Morgan fingerprint density at radius 2 is 1.88 bits per heavy atom. The van der Waals surface area contributed by atoms with Crippen LogP contribution in [0.3, 0.4) is 0 Å². The van der Waals surface area contributed by atoms with Gasteiger partial charge in [0.15, 0.2) is 0 Å². The third kappa shape index (κ3) is 3.48. The number of hydrogen-bond acceptors (Lipinski definition) is 4. The molecule has 2 aromatic carbocycles. The average molecular weight is 325 g/mol. The zero-order chi connectivity index (χ0) is 17.1. The molecule has 5 nitrogen and oxygen atoms in total. The van der Waals surface area contributed by atoms with E-state index in [1.807, 2.05) is 26.0 Å².